The Balaban J connectivity index is 1.52. The number of ether oxygens (including phenoxy) is 2. The number of benzene rings is 2. The highest BCUT2D eigenvalue weighted by atomic mass is 16.5. The number of rotatable bonds is 6. The van der Waals surface area contributed by atoms with E-state index in [1.165, 1.54) is 7.11 Å². The van der Waals surface area contributed by atoms with Crippen molar-refractivity contribution in [1.82, 2.24) is 10.2 Å². The van der Waals surface area contributed by atoms with Gasteiger partial charge in [0.15, 0.2) is 0 Å². The van der Waals surface area contributed by atoms with E-state index in [2.05, 4.69) is 10.1 Å². The Kier molecular flexibility index (Phi) is 8.85. The maximum Gasteiger partial charge on any atom is 0.412 e. The summed E-state index contributed by atoms with van der Waals surface area (Å²) in [6.45, 7) is 7.78. The molecule has 1 aliphatic rings. The molecule has 1 fully saturated rings. The number of amides is 2. The van der Waals surface area contributed by atoms with Crippen LogP contribution in [0.2, 0.25) is 0 Å². The Bertz CT molecular complexity index is 1080. The molecular weight excluding hydrogens is 458 g/mol. The van der Waals surface area contributed by atoms with Crippen LogP contribution in [0.1, 0.15) is 56.0 Å². The number of likely N-dealkylation sites (tertiary alicyclic amines) is 1. The third kappa shape index (κ3) is 7.66. The second-order valence-electron chi connectivity index (χ2n) is 10.3. The predicted molar refractivity (Wildman–Crippen MR) is 138 cm³/mol. The van der Waals surface area contributed by atoms with E-state index in [0.29, 0.717) is 37.2 Å². The number of hydrogen-bond acceptors (Lipinski definition) is 6. The number of nitrogens with one attached hydrogen (secondary N) is 2. The molecule has 0 unspecified atom stereocenters. The molecule has 2 amide bonds. The SMILES string of the molecule is COC(=O)NC(=N)c1ccc(-c2ccc(C(=O)N3CCC(CC(=O)OCC(C)(C)C)CC3)cc2)cc1. The van der Waals surface area contributed by atoms with Gasteiger partial charge in [-0.1, -0.05) is 57.2 Å². The minimum Gasteiger partial charge on any atom is -0.465 e. The van der Waals surface area contributed by atoms with Crippen LogP contribution in [0.4, 0.5) is 4.79 Å². The Labute approximate surface area is 212 Å². The van der Waals surface area contributed by atoms with E-state index in [4.69, 9.17) is 10.1 Å². The summed E-state index contributed by atoms with van der Waals surface area (Å²) in [6, 6.07) is 14.7. The van der Waals surface area contributed by atoms with Crippen LogP contribution in [0.15, 0.2) is 48.5 Å². The van der Waals surface area contributed by atoms with Crippen molar-refractivity contribution in [2.45, 2.75) is 40.0 Å². The van der Waals surface area contributed by atoms with Crippen molar-refractivity contribution in [2.24, 2.45) is 11.3 Å². The summed E-state index contributed by atoms with van der Waals surface area (Å²) in [5.41, 5.74) is 3.02. The second kappa shape index (κ2) is 11.8. The molecule has 0 aliphatic carbocycles. The van der Waals surface area contributed by atoms with Crippen molar-refractivity contribution in [3.8, 4) is 11.1 Å². The molecule has 1 saturated heterocycles. The number of alkyl carbamates (subject to hydrolysis) is 1. The summed E-state index contributed by atoms with van der Waals surface area (Å²) in [6.07, 6.45) is 1.30. The van der Waals surface area contributed by atoms with Crippen LogP contribution in [0, 0.1) is 16.7 Å². The van der Waals surface area contributed by atoms with Crippen LogP contribution in [0.5, 0.6) is 0 Å². The number of carbonyl (C=O) groups excluding carboxylic acids is 3. The molecule has 0 spiro atoms. The molecule has 0 bridgehead atoms. The first-order valence-corrected chi connectivity index (χ1v) is 12.1. The van der Waals surface area contributed by atoms with Gasteiger partial charge in [-0.2, -0.15) is 0 Å². The number of hydrogen-bond donors (Lipinski definition) is 2. The highest BCUT2D eigenvalue weighted by Crippen LogP contribution is 2.25. The average molecular weight is 494 g/mol. The normalized spacial score (nSPS) is 14.2. The maximum absolute atomic E-state index is 13.0. The lowest BCUT2D eigenvalue weighted by Crippen LogP contribution is -2.39. The molecule has 0 radical (unpaired) electrons. The van der Waals surface area contributed by atoms with Crippen molar-refractivity contribution >= 4 is 23.8 Å². The van der Waals surface area contributed by atoms with Gasteiger partial charge in [-0.25, -0.2) is 4.79 Å². The van der Waals surface area contributed by atoms with Crippen molar-refractivity contribution in [3.63, 3.8) is 0 Å². The maximum atomic E-state index is 13.0. The van der Waals surface area contributed by atoms with Gasteiger partial charge in [-0.3, -0.25) is 20.3 Å². The molecule has 2 aromatic carbocycles. The van der Waals surface area contributed by atoms with Gasteiger partial charge >= 0.3 is 12.1 Å². The molecule has 0 aromatic heterocycles. The van der Waals surface area contributed by atoms with Gasteiger partial charge in [0.05, 0.1) is 13.7 Å². The van der Waals surface area contributed by atoms with Crippen LogP contribution >= 0.6 is 0 Å². The Hall–Kier alpha value is -3.68. The fourth-order valence-corrected chi connectivity index (χ4v) is 3.97. The van der Waals surface area contributed by atoms with Crippen molar-refractivity contribution in [3.05, 3.63) is 59.7 Å². The molecule has 8 heteroatoms. The van der Waals surface area contributed by atoms with E-state index >= 15 is 0 Å². The molecule has 0 atom stereocenters. The first kappa shape index (κ1) is 26.9. The zero-order valence-electron chi connectivity index (χ0n) is 21.4. The van der Waals surface area contributed by atoms with Crippen LogP contribution in [-0.2, 0) is 14.3 Å². The van der Waals surface area contributed by atoms with Crippen LogP contribution in [-0.4, -0.2) is 55.5 Å². The molecule has 2 aromatic rings. The Morgan fingerprint density at radius 3 is 1.97 bits per heavy atom. The van der Waals surface area contributed by atoms with E-state index in [-0.39, 0.29) is 29.0 Å². The van der Waals surface area contributed by atoms with Gasteiger partial charge < -0.3 is 14.4 Å². The van der Waals surface area contributed by atoms with Crippen molar-refractivity contribution in [2.75, 3.05) is 26.8 Å². The number of carbonyl (C=O) groups is 3. The number of nitrogens with zero attached hydrogens (tertiary/aromatic N) is 1. The van der Waals surface area contributed by atoms with E-state index < -0.39 is 6.09 Å². The van der Waals surface area contributed by atoms with Crippen LogP contribution < -0.4 is 5.32 Å². The van der Waals surface area contributed by atoms with Gasteiger partial charge in [0.2, 0.25) is 0 Å². The van der Waals surface area contributed by atoms with E-state index in [1.54, 1.807) is 12.1 Å². The van der Waals surface area contributed by atoms with Gasteiger partial charge in [0.1, 0.15) is 5.84 Å². The zero-order chi connectivity index (χ0) is 26.3. The van der Waals surface area contributed by atoms with E-state index in [9.17, 15) is 14.4 Å². The van der Waals surface area contributed by atoms with Crippen molar-refractivity contribution in [1.29, 1.82) is 5.41 Å². The van der Waals surface area contributed by atoms with Gasteiger partial charge in [-0.15, -0.1) is 0 Å². The minimum atomic E-state index is -0.688. The smallest absolute Gasteiger partial charge is 0.412 e. The third-order valence-corrected chi connectivity index (χ3v) is 6.07. The number of esters is 1. The summed E-state index contributed by atoms with van der Waals surface area (Å²) < 4.78 is 9.90. The number of amidine groups is 1. The molecule has 2 N–H and O–H groups in total. The molecule has 8 nitrogen and oxygen atoms in total. The third-order valence-electron chi connectivity index (χ3n) is 6.07. The summed E-state index contributed by atoms with van der Waals surface area (Å²) >= 11 is 0. The Morgan fingerprint density at radius 2 is 1.47 bits per heavy atom. The van der Waals surface area contributed by atoms with Crippen LogP contribution in [0.3, 0.4) is 0 Å². The highest BCUT2D eigenvalue weighted by Gasteiger charge is 2.26. The molecule has 192 valence electrons. The van der Waals surface area contributed by atoms with E-state index in [0.717, 1.165) is 24.0 Å². The lowest BCUT2D eigenvalue weighted by molar-refractivity contribution is -0.147. The van der Waals surface area contributed by atoms with Crippen molar-refractivity contribution < 1.29 is 23.9 Å². The molecule has 0 saturated carbocycles. The lowest BCUT2D eigenvalue weighted by Gasteiger charge is -2.32. The van der Waals surface area contributed by atoms with Crippen LogP contribution in [0.25, 0.3) is 11.1 Å². The molecular formula is C28H35N3O5. The first-order chi connectivity index (χ1) is 17.1. The minimum absolute atomic E-state index is 0.00649. The molecule has 1 aliphatic heterocycles. The number of piperidine rings is 1. The molecule has 3 rings (SSSR count). The van der Waals surface area contributed by atoms with Gasteiger partial charge in [0.25, 0.3) is 5.91 Å². The summed E-state index contributed by atoms with van der Waals surface area (Å²) in [4.78, 5) is 38.2. The first-order valence-electron chi connectivity index (χ1n) is 12.1. The summed E-state index contributed by atoms with van der Waals surface area (Å²) in [7, 11) is 1.25. The molecule has 36 heavy (non-hydrogen) atoms. The van der Waals surface area contributed by atoms with Gasteiger partial charge in [-0.05, 0) is 47.4 Å². The summed E-state index contributed by atoms with van der Waals surface area (Å²) in [5.74, 6) is 0.0407. The number of methoxy groups -OCH3 is 1. The highest BCUT2D eigenvalue weighted by molar-refractivity contribution is 6.04. The monoisotopic (exact) mass is 493 g/mol. The fraction of sp³-hybridized carbons (Fsp3) is 0.429. The standard InChI is InChI=1S/C28H35N3O5/c1-28(2,3)18-36-24(32)17-19-13-15-31(16-14-19)26(33)23-11-7-21(8-12-23)20-5-9-22(10-6-20)25(29)30-27(34)35-4/h5-12,19H,13-18H2,1-4H3,(H2,29,30,34). The lowest BCUT2D eigenvalue weighted by atomic mass is 9.93. The quantitative estimate of drug-likeness (QED) is 0.339. The average Bonchev–Trinajstić information content (AvgIpc) is 2.87. The zero-order valence-corrected chi connectivity index (χ0v) is 21.4. The van der Waals surface area contributed by atoms with E-state index in [1.807, 2.05) is 62.1 Å². The largest absolute Gasteiger partial charge is 0.465 e. The second-order valence-corrected chi connectivity index (χ2v) is 10.3. The fourth-order valence-electron chi connectivity index (χ4n) is 3.97. The Morgan fingerprint density at radius 1 is 0.944 bits per heavy atom. The van der Waals surface area contributed by atoms with Gasteiger partial charge in [0, 0.05) is 30.6 Å². The summed E-state index contributed by atoms with van der Waals surface area (Å²) in [5, 5.41) is 10.3. The predicted octanol–water partition coefficient (Wildman–Crippen LogP) is 4.87. The molecule has 1 heterocycles. The topological polar surface area (TPSA) is 109 Å².